The van der Waals surface area contributed by atoms with Crippen molar-refractivity contribution in [3.63, 3.8) is 0 Å². The van der Waals surface area contributed by atoms with Gasteiger partial charge in [-0.05, 0) is 57.3 Å². The predicted molar refractivity (Wildman–Crippen MR) is 95.5 cm³/mol. The van der Waals surface area contributed by atoms with Gasteiger partial charge >= 0.3 is 5.97 Å². The van der Waals surface area contributed by atoms with Crippen LogP contribution >= 0.6 is 0 Å². The molecule has 1 spiro atoms. The Morgan fingerprint density at radius 2 is 1.92 bits per heavy atom. The first-order valence-corrected chi connectivity index (χ1v) is 9.43. The molecule has 0 aromatic heterocycles. The minimum atomic E-state index is -0.377. The zero-order valence-electron chi connectivity index (χ0n) is 15.2. The molecule has 25 heavy (non-hydrogen) atoms. The van der Waals surface area contributed by atoms with Crippen LogP contribution in [0, 0.1) is 29.1 Å². The molecule has 0 radical (unpaired) electrons. The highest BCUT2D eigenvalue weighted by molar-refractivity contribution is 5.88. The number of nitrogens with one attached hydrogen (secondary N) is 1. The molecule has 5 unspecified atom stereocenters. The van der Waals surface area contributed by atoms with Gasteiger partial charge in [0.25, 0.3) is 0 Å². The summed E-state index contributed by atoms with van der Waals surface area (Å²) in [7, 11) is 0. The Morgan fingerprint density at radius 1 is 1.24 bits per heavy atom. The van der Waals surface area contributed by atoms with Crippen molar-refractivity contribution in [1.82, 2.24) is 5.32 Å². The summed E-state index contributed by atoms with van der Waals surface area (Å²) in [4.78, 5) is 25.8. The minimum Gasteiger partial charge on any atom is -0.466 e. The summed E-state index contributed by atoms with van der Waals surface area (Å²) >= 11 is 0. The smallest absolute Gasteiger partial charge is 0.310 e. The van der Waals surface area contributed by atoms with E-state index in [9.17, 15) is 9.59 Å². The molecule has 4 heteroatoms. The Balaban J connectivity index is 1.57. The molecule has 4 aliphatic carbocycles. The van der Waals surface area contributed by atoms with Gasteiger partial charge in [-0.15, -0.1) is 0 Å². The molecule has 1 amide bonds. The van der Waals surface area contributed by atoms with Crippen molar-refractivity contribution in [1.29, 1.82) is 0 Å². The second-order valence-electron chi connectivity index (χ2n) is 8.37. The normalized spacial score (nSPS) is 39.4. The highest BCUT2D eigenvalue weighted by Crippen LogP contribution is 2.72. The van der Waals surface area contributed by atoms with E-state index in [1.165, 1.54) is 5.57 Å². The third-order valence-electron chi connectivity index (χ3n) is 6.67. The van der Waals surface area contributed by atoms with E-state index in [1.807, 2.05) is 13.8 Å². The van der Waals surface area contributed by atoms with Crippen molar-refractivity contribution in [2.75, 3.05) is 6.61 Å². The van der Waals surface area contributed by atoms with Crippen molar-refractivity contribution in [2.24, 2.45) is 29.1 Å². The van der Waals surface area contributed by atoms with Crippen LogP contribution in [0.25, 0.3) is 0 Å². The Morgan fingerprint density at radius 3 is 2.48 bits per heavy atom. The lowest BCUT2D eigenvalue weighted by Crippen LogP contribution is -2.50. The fraction of sp³-hybridized carbons (Fsp3) is 0.619. The molecule has 134 valence electrons. The van der Waals surface area contributed by atoms with Gasteiger partial charge < -0.3 is 10.1 Å². The van der Waals surface area contributed by atoms with Crippen LogP contribution in [0.3, 0.4) is 0 Å². The quantitative estimate of drug-likeness (QED) is 0.631. The average molecular weight is 341 g/mol. The number of carbonyl (C=O) groups excluding carboxylic acids is 2. The SMILES string of the molecule is CCOC(=O)C1C(C(=O)NC2(C)C=CC(C)=CC2)C2C=CC1C21CC1. The second kappa shape index (κ2) is 5.58. The summed E-state index contributed by atoms with van der Waals surface area (Å²) in [5.41, 5.74) is 0.994. The summed E-state index contributed by atoms with van der Waals surface area (Å²) in [6.07, 6.45) is 13.6. The number of amides is 1. The number of hydrogen-bond acceptors (Lipinski definition) is 3. The summed E-state index contributed by atoms with van der Waals surface area (Å²) in [6.45, 7) is 6.29. The van der Waals surface area contributed by atoms with Gasteiger partial charge in [0.05, 0.1) is 24.0 Å². The van der Waals surface area contributed by atoms with Crippen molar-refractivity contribution in [3.8, 4) is 0 Å². The molecule has 4 aliphatic rings. The number of hydrogen-bond donors (Lipinski definition) is 1. The van der Waals surface area contributed by atoms with Gasteiger partial charge in [0.1, 0.15) is 0 Å². The number of allylic oxidation sites excluding steroid dienone is 4. The molecule has 5 atom stereocenters. The van der Waals surface area contributed by atoms with Crippen LogP contribution in [-0.2, 0) is 14.3 Å². The zero-order valence-corrected chi connectivity index (χ0v) is 15.2. The Kier molecular flexibility index (Phi) is 3.71. The zero-order chi connectivity index (χ0) is 17.8. The number of carbonyl (C=O) groups is 2. The highest BCUT2D eigenvalue weighted by Gasteiger charge is 2.70. The second-order valence-corrected chi connectivity index (χ2v) is 8.37. The van der Waals surface area contributed by atoms with Gasteiger partial charge in [0, 0.05) is 0 Å². The van der Waals surface area contributed by atoms with Crippen molar-refractivity contribution in [3.05, 3.63) is 36.0 Å². The molecular formula is C21H27NO3. The van der Waals surface area contributed by atoms with Gasteiger partial charge in [-0.3, -0.25) is 9.59 Å². The minimum absolute atomic E-state index is 0.00119. The van der Waals surface area contributed by atoms with Crippen LogP contribution in [0.5, 0.6) is 0 Å². The van der Waals surface area contributed by atoms with Gasteiger partial charge in [0.15, 0.2) is 0 Å². The van der Waals surface area contributed by atoms with E-state index in [4.69, 9.17) is 4.74 Å². The Bertz CT molecular complexity index is 700. The van der Waals surface area contributed by atoms with Gasteiger partial charge in [-0.25, -0.2) is 0 Å². The van der Waals surface area contributed by atoms with E-state index in [0.29, 0.717) is 6.61 Å². The largest absolute Gasteiger partial charge is 0.466 e. The lowest BCUT2D eigenvalue weighted by Gasteiger charge is -2.33. The fourth-order valence-electron chi connectivity index (χ4n) is 5.20. The molecule has 0 aliphatic heterocycles. The first kappa shape index (κ1) is 16.6. The van der Waals surface area contributed by atoms with E-state index in [2.05, 4.69) is 42.6 Å². The first-order valence-electron chi connectivity index (χ1n) is 9.43. The molecule has 1 N–H and O–H groups in total. The molecule has 2 saturated carbocycles. The lowest BCUT2D eigenvalue weighted by molar-refractivity contribution is -0.153. The monoisotopic (exact) mass is 341 g/mol. The maximum Gasteiger partial charge on any atom is 0.310 e. The summed E-state index contributed by atoms with van der Waals surface area (Å²) in [5, 5.41) is 3.22. The molecule has 2 fully saturated rings. The molecule has 2 bridgehead atoms. The van der Waals surface area contributed by atoms with E-state index >= 15 is 0 Å². The first-order chi connectivity index (χ1) is 11.9. The molecule has 0 saturated heterocycles. The van der Waals surface area contributed by atoms with E-state index in [0.717, 1.165) is 19.3 Å². The number of rotatable bonds is 4. The summed E-state index contributed by atoms with van der Waals surface area (Å²) in [5.74, 6) is -0.476. The van der Waals surface area contributed by atoms with Gasteiger partial charge in [0.2, 0.25) is 5.91 Å². The van der Waals surface area contributed by atoms with Crippen LogP contribution in [0.2, 0.25) is 0 Å². The Hall–Kier alpha value is -1.84. The predicted octanol–water partition coefficient (Wildman–Crippen LogP) is 3.16. The molecule has 4 rings (SSSR count). The molecule has 0 aromatic carbocycles. The molecule has 0 aromatic rings. The van der Waals surface area contributed by atoms with E-state index < -0.39 is 0 Å². The van der Waals surface area contributed by atoms with Crippen LogP contribution in [0.15, 0.2) is 36.0 Å². The van der Waals surface area contributed by atoms with Crippen LogP contribution in [-0.4, -0.2) is 24.0 Å². The lowest BCUT2D eigenvalue weighted by atomic mass is 9.81. The summed E-state index contributed by atoms with van der Waals surface area (Å²) in [6, 6.07) is 0. The number of esters is 1. The molecule has 0 heterocycles. The topological polar surface area (TPSA) is 55.4 Å². The fourth-order valence-corrected chi connectivity index (χ4v) is 5.20. The third-order valence-corrected chi connectivity index (χ3v) is 6.67. The third kappa shape index (κ3) is 2.49. The van der Waals surface area contributed by atoms with Gasteiger partial charge in [-0.1, -0.05) is 36.0 Å². The van der Waals surface area contributed by atoms with Crippen LogP contribution in [0.1, 0.15) is 40.0 Å². The van der Waals surface area contributed by atoms with Crippen molar-refractivity contribution >= 4 is 11.9 Å². The van der Waals surface area contributed by atoms with E-state index in [-0.39, 0.29) is 46.5 Å². The maximum absolute atomic E-state index is 13.2. The van der Waals surface area contributed by atoms with Crippen molar-refractivity contribution < 1.29 is 14.3 Å². The average Bonchev–Trinajstić information content (AvgIpc) is 3.24. The molecule has 4 nitrogen and oxygen atoms in total. The van der Waals surface area contributed by atoms with E-state index in [1.54, 1.807) is 0 Å². The number of ether oxygens (including phenoxy) is 1. The van der Waals surface area contributed by atoms with Crippen LogP contribution < -0.4 is 5.32 Å². The van der Waals surface area contributed by atoms with Crippen LogP contribution in [0.4, 0.5) is 0 Å². The van der Waals surface area contributed by atoms with Crippen molar-refractivity contribution in [2.45, 2.75) is 45.6 Å². The molecular weight excluding hydrogens is 314 g/mol. The highest BCUT2D eigenvalue weighted by atomic mass is 16.5. The Labute approximate surface area is 149 Å². The van der Waals surface area contributed by atoms with Gasteiger partial charge in [-0.2, -0.15) is 0 Å². The standard InChI is InChI=1S/C21H27NO3/c1-4-25-19(24)17-15-6-5-14(21(15)11-12-21)16(17)18(23)22-20(3)9-7-13(2)8-10-20/h5-9,14-17H,4,10-12H2,1-3H3,(H,22,23). The maximum atomic E-state index is 13.2. The summed E-state index contributed by atoms with van der Waals surface area (Å²) < 4.78 is 5.33.